The van der Waals surface area contributed by atoms with Gasteiger partial charge in [-0.3, -0.25) is 14.7 Å². The first-order valence-corrected chi connectivity index (χ1v) is 10.1. The van der Waals surface area contributed by atoms with Crippen LogP contribution in [0.5, 0.6) is 0 Å². The van der Waals surface area contributed by atoms with Crippen molar-refractivity contribution in [2.75, 3.05) is 11.9 Å². The highest BCUT2D eigenvalue weighted by Gasteiger charge is 2.14. The molecule has 3 rings (SSSR count). The molecule has 0 aliphatic carbocycles. The summed E-state index contributed by atoms with van der Waals surface area (Å²) in [7, 11) is 0. The molecule has 1 amide bonds. The van der Waals surface area contributed by atoms with E-state index in [1.54, 1.807) is 6.92 Å². The molecule has 2 aromatic heterocycles. The minimum atomic E-state index is -0.235. The second-order valence-electron chi connectivity index (χ2n) is 6.87. The molecule has 0 radical (unpaired) electrons. The topological polar surface area (TPSA) is 104 Å². The molecule has 0 saturated carbocycles. The Morgan fingerprint density at radius 1 is 1.24 bits per heavy atom. The number of aromatic amines is 1. The van der Waals surface area contributed by atoms with Gasteiger partial charge in [-0.05, 0) is 37.5 Å². The molecule has 154 valence electrons. The molecule has 2 heterocycles. The van der Waals surface area contributed by atoms with Gasteiger partial charge in [0.1, 0.15) is 0 Å². The zero-order valence-corrected chi connectivity index (χ0v) is 17.3. The summed E-state index contributed by atoms with van der Waals surface area (Å²) in [6, 6.07) is 7.46. The van der Waals surface area contributed by atoms with E-state index in [0.717, 1.165) is 18.4 Å². The smallest absolute Gasteiger partial charge is 0.277 e. The number of aryl methyl sites for hydroxylation is 1. The average molecular weight is 417 g/mol. The van der Waals surface area contributed by atoms with E-state index >= 15 is 0 Å². The lowest BCUT2D eigenvalue weighted by atomic mass is 10.1. The Hall–Kier alpha value is -2.87. The van der Waals surface area contributed by atoms with Crippen LogP contribution in [0, 0.1) is 6.92 Å². The first kappa shape index (κ1) is 20.9. The number of anilines is 1. The second-order valence-corrected chi connectivity index (χ2v) is 7.31. The SMILES string of the molecule is CCCCNC(=O)CCc1c(C)nc2nc(NCc3ccc(Cl)cc3)[nH]n2c1=O. The number of fused-ring (bicyclic) bond motifs is 1. The van der Waals surface area contributed by atoms with Crippen LogP contribution < -0.4 is 16.2 Å². The summed E-state index contributed by atoms with van der Waals surface area (Å²) in [6.45, 7) is 5.02. The number of benzene rings is 1. The van der Waals surface area contributed by atoms with E-state index in [-0.39, 0.29) is 17.9 Å². The van der Waals surface area contributed by atoms with Crippen LogP contribution in [0.2, 0.25) is 5.02 Å². The number of unbranched alkanes of at least 4 members (excludes halogenated alkanes) is 1. The first-order chi connectivity index (χ1) is 14.0. The zero-order valence-electron chi connectivity index (χ0n) is 16.6. The maximum Gasteiger partial charge on any atom is 0.277 e. The molecule has 0 aliphatic heterocycles. The van der Waals surface area contributed by atoms with Crippen LogP contribution in [0.4, 0.5) is 5.95 Å². The number of hydrogen-bond acceptors (Lipinski definition) is 5. The lowest BCUT2D eigenvalue weighted by molar-refractivity contribution is -0.121. The van der Waals surface area contributed by atoms with Crippen molar-refractivity contribution < 1.29 is 4.79 Å². The first-order valence-electron chi connectivity index (χ1n) is 9.71. The summed E-state index contributed by atoms with van der Waals surface area (Å²) in [5, 5.41) is 9.62. The van der Waals surface area contributed by atoms with Crippen molar-refractivity contribution in [2.45, 2.75) is 46.1 Å². The van der Waals surface area contributed by atoms with Crippen LogP contribution in [0.15, 0.2) is 29.1 Å². The predicted octanol–water partition coefficient (Wildman–Crippen LogP) is 2.84. The van der Waals surface area contributed by atoms with E-state index in [9.17, 15) is 9.59 Å². The molecule has 8 nitrogen and oxygen atoms in total. The lowest BCUT2D eigenvalue weighted by Crippen LogP contribution is -2.27. The van der Waals surface area contributed by atoms with Gasteiger partial charge in [0, 0.05) is 30.1 Å². The summed E-state index contributed by atoms with van der Waals surface area (Å²) in [4.78, 5) is 33.5. The molecule has 0 aliphatic rings. The van der Waals surface area contributed by atoms with E-state index in [4.69, 9.17) is 11.6 Å². The largest absolute Gasteiger partial charge is 0.356 e. The van der Waals surface area contributed by atoms with E-state index in [1.165, 1.54) is 4.52 Å². The predicted molar refractivity (Wildman–Crippen MR) is 113 cm³/mol. The Bertz CT molecular complexity index is 1040. The lowest BCUT2D eigenvalue weighted by Gasteiger charge is -2.06. The third-order valence-corrected chi connectivity index (χ3v) is 4.87. The number of hydrogen-bond donors (Lipinski definition) is 3. The Balaban J connectivity index is 1.70. The number of amides is 1. The highest BCUT2D eigenvalue weighted by atomic mass is 35.5. The van der Waals surface area contributed by atoms with Gasteiger partial charge in [0.15, 0.2) is 0 Å². The van der Waals surface area contributed by atoms with Gasteiger partial charge < -0.3 is 10.6 Å². The highest BCUT2D eigenvalue weighted by molar-refractivity contribution is 6.30. The molecule has 0 bridgehead atoms. The summed E-state index contributed by atoms with van der Waals surface area (Å²) < 4.78 is 1.31. The Morgan fingerprint density at radius 3 is 2.72 bits per heavy atom. The van der Waals surface area contributed by atoms with Crippen molar-refractivity contribution in [2.24, 2.45) is 0 Å². The third-order valence-electron chi connectivity index (χ3n) is 4.62. The van der Waals surface area contributed by atoms with Crippen molar-refractivity contribution in [3.63, 3.8) is 0 Å². The quantitative estimate of drug-likeness (QED) is 0.465. The Labute approximate surface area is 173 Å². The molecule has 0 atom stereocenters. The normalized spacial score (nSPS) is 11.0. The Morgan fingerprint density at radius 2 is 2.00 bits per heavy atom. The summed E-state index contributed by atoms with van der Waals surface area (Å²) >= 11 is 5.90. The van der Waals surface area contributed by atoms with Crippen LogP contribution in [0.25, 0.3) is 5.78 Å². The van der Waals surface area contributed by atoms with Gasteiger partial charge in [-0.1, -0.05) is 37.1 Å². The summed E-state index contributed by atoms with van der Waals surface area (Å²) in [6.07, 6.45) is 2.56. The molecule has 0 spiro atoms. The standard InChI is InChI=1S/C20H25ClN6O2/c1-3-4-11-22-17(28)10-9-16-13(2)24-20-25-19(26-27(20)18(16)29)23-12-14-5-7-15(21)8-6-14/h5-8H,3-4,9-12H2,1-2H3,(H,22,28)(H2,23,24,25,26). The van der Waals surface area contributed by atoms with Gasteiger partial charge in [-0.2, -0.15) is 9.50 Å². The minimum absolute atomic E-state index is 0.0581. The van der Waals surface area contributed by atoms with Crippen LogP contribution in [0.1, 0.15) is 43.0 Å². The van der Waals surface area contributed by atoms with Gasteiger partial charge in [0.05, 0.1) is 5.69 Å². The van der Waals surface area contributed by atoms with Gasteiger partial charge in [0.25, 0.3) is 11.3 Å². The molecule has 0 unspecified atom stereocenters. The van der Waals surface area contributed by atoms with E-state index in [1.807, 2.05) is 24.3 Å². The van der Waals surface area contributed by atoms with Gasteiger partial charge in [-0.15, -0.1) is 0 Å². The fourth-order valence-corrected chi connectivity index (χ4v) is 3.07. The summed E-state index contributed by atoms with van der Waals surface area (Å²) in [5.41, 5.74) is 1.90. The molecule has 0 fully saturated rings. The monoisotopic (exact) mass is 416 g/mol. The maximum atomic E-state index is 12.8. The van der Waals surface area contributed by atoms with Crippen LogP contribution in [0.3, 0.4) is 0 Å². The fraction of sp³-hybridized carbons (Fsp3) is 0.400. The van der Waals surface area contributed by atoms with Gasteiger partial charge in [-0.25, -0.2) is 4.98 Å². The average Bonchev–Trinajstić information content (AvgIpc) is 3.10. The van der Waals surface area contributed by atoms with Crippen molar-refractivity contribution >= 4 is 29.2 Å². The number of aromatic nitrogens is 4. The number of H-pyrrole nitrogens is 1. The minimum Gasteiger partial charge on any atom is -0.356 e. The van der Waals surface area contributed by atoms with Crippen LogP contribution >= 0.6 is 11.6 Å². The van der Waals surface area contributed by atoms with Gasteiger partial charge >= 0.3 is 0 Å². The molecule has 1 aromatic carbocycles. The zero-order chi connectivity index (χ0) is 20.8. The second kappa shape index (κ2) is 9.56. The van der Waals surface area contributed by atoms with Crippen molar-refractivity contribution in [1.29, 1.82) is 0 Å². The number of carbonyl (C=O) groups excluding carboxylic acids is 1. The maximum absolute atomic E-state index is 12.8. The molecular formula is C20H25ClN6O2. The third kappa shape index (κ3) is 5.35. The number of halogens is 1. The van der Waals surface area contributed by atoms with Crippen LogP contribution in [-0.4, -0.2) is 32.0 Å². The van der Waals surface area contributed by atoms with E-state index in [0.29, 0.717) is 47.5 Å². The van der Waals surface area contributed by atoms with Crippen molar-refractivity contribution in [1.82, 2.24) is 24.9 Å². The molecule has 0 saturated heterocycles. The summed E-state index contributed by atoms with van der Waals surface area (Å²) in [5.74, 6) is 0.679. The molecule has 3 aromatic rings. The molecular weight excluding hydrogens is 392 g/mol. The molecule has 9 heteroatoms. The van der Waals surface area contributed by atoms with Crippen LogP contribution in [-0.2, 0) is 17.8 Å². The number of nitrogens with zero attached hydrogens (tertiary/aromatic N) is 3. The molecule has 3 N–H and O–H groups in total. The Kier molecular flexibility index (Phi) is 6.87. The van der Waals surface area contributed by atoms with Crippen molar-refractivity contribution in [3.05, 3.63) is 56.5 Å². The van der Waals surface area contributed by atoms with E-state index in [2.05, 4.69) is 32.6 Å². The molecule has 29 heavy (non-hydrogen) atoms. The number of carbonyl (C=O) groups is 1. The fourth-order valence-electron chi connectivity index (χ4n) is 2.94. The van der Waals surface area contributed by atoms with E-state index < -0.39 is 0 Å². The number of nitrogens with one attached hydrogen (secondary N) is 3. The van der Waals surface area contributed by atoms with Gasteiger partial charge in [0.2, 0.25) is 11.9 Å². The highest BCUT2D eigenvalue weighted by Crippen LogP contribution is 2.11. The van der Waals surface area contributed by atoms with Crippen molar-refractivity contribution in [3.8, 4) is 0 Å². The number of rotatable bonds is 9.